The van der Waals surface area contributed by atoms with E-state index < -0.39 is 17.2 Å². The first-order valence-corrected chi connectivity index (χ1v) is 8.59. The molecule has 0 saturated heterocycles. The second-order valence-electron chi connectivity index (χ2n) is 5.32. The van der Waals surface area contributed by atoms with E-state index in [2.05, 4.69) is 9.97 Å². The zero-order valence-electron chi connectivity index (χ0n) is 13.2. The van der Waals surface area contributed by atoms with Gasteiger partial charge < -0.3 is 10.3 Å². The predicted octanol–water partition coefficient (Wildman–Crippen LogP) is 0.702. The highest BCUT2D eigenvalue weighted by atomic mass is 35.5. The summed E-state index contributed by atoms with van der Waals surface area (Å²) in [5.41, 5.74) is 5.32. The van der Waals surface area contributed by atoms with E-state index in [1.165, 1.54) is 11.6 Å². The van der Waals surface area contributed by atoms with Crippen molar-refractivity contribution in [2.45, 2.75) is 11.7 Å². The standard InChI is InChI=1S/C15H14ClN5O3S/c1-20-12-11(13(23)19-14(20)24)21(15(18-12)25-7-10(17)22)6-8-4-2-3-5-9(8)16/h2-5H,6-7H2,1H3,(H2,17,22)(H,19,23,24). The number of nitrogens with two attached hydrogens (primary N) is 1. The van der Waals surface area contributed by atoms with Gasteiger partial charge in [0.1, 0.15) is 0 Å². The van der Waals surface area contributed by atoms with Crippen LogP contribution in [0.1, 0.15) is 5.56 Å². The van der Waals surface area contributed by atoms with Crippen LogP contribution in [0.2, 0.25) is 5.02 Å². The molecule has 3 rings (SSSR count). The maximum atomic E-state index is 12.3. The van der Waals surface area contributed by atoms with E-state index in [1.54, 1.807) is 16.7 Å². The summed E-state index contributed by atoms with van der Waals surface area (Å²) in [6.45, 7) is 0.262. The number of nitrogens with zero attached hydrogens (tertiary/aromatic N) is 3. The van der Waals surface area contributed by atoms with E-state index in [4.69, 9.17) is 17.3 Å². The SMILES string of the molecule is Cn1c(=O)[nH]c(=O)c2c1nc(SCC(N)=O)n2Cc1ccccc1Cl. The fourth-order valence-electron chi connectivity index (χ4n) is 2.40. The van der Waals surface area contributed by atoms with Gasteiger partial charge in [-0.25, -0.2) is 9.78 Å². The number of aromatic nitrogens is 4. The van der Waals surface area contributed by atoms with Gasteiger partial charge in [-0.3, -0.25) is 19.1 Å². The number of H-pyrrole nitrogens is 1. The Morgan fingerprint density at radius 2 is 2.08 bits per heavy atom. The number of imidazole rings is 1. The molecule has 1 aromatic carbocycles. The van der Waals surface area contributed by atoms with Crippen molar-refractivity contribution in [1.82, 2.24) is 19.1 Å². The summed E-state index contributed by atoms with van der Waals surface area (Å²) in [5, 5.41) is 0.942. The number of benzene rings is 1. The lowest BCUT2D eigenvalue weighted by Gasteiger charge is -2.09. The molecule has 130 valence electrons. The number of aromatic amines is 1. The van der Waals surface area contributed by atoms with Gasteiger partial charge in [-0.05, 0) is 11.6 Å². The smallest absolute Gasteiger partial charge is 0.329 e. The van der Waals surface area contributed by atoms with Crippen LogP contribution in [0.3, 0.4) is 0 Å². The molecule has 3 aromatic rings. The van der Waals surface area contributed by atoms with E-state index in [9.17, 15) is 14.4 Å². The van der Waals surface area contributed by atoms with Crippen LogP contribution < -0.4 is 17.0 Å². The van der Waals surface area contributed by atoms with Crippen molar-refractivity contribution < 1.29 is 4.79 Å². The Bertz CT molecular complexity index is 1080. The number of rotatable bonds is 5. The zero-order chi connectivity index (χ0) is 18.1. The van der Waals surface area contributed by atoms with Crippen LogP contribution in [0.25, 0.3) is 11.2 Å². The highest BCUT2D eigenvalue weighted by molar-refractivity contribution is 7.99. The first kappa shape index (κ1) is 17.3. The van der Waals surface area contributed by atoms with Gasteiger partial charge in [-0.2, -0.15) is 0 Å². The molecule has 0 atom stereocenters. The Hall–Kier alpha value is -2.52. The first-order chi connectivity index (χ1) is 11.9. The Kier molecular flexibility index (Phi) is 4.69. The van der Waals surface area contributed by atoms with Crippen LogP contribution in [-0.4, -0.2) is 30.8 Å². The van der Waals surface area contributed by atoms with E-state index in [0.29, 0.717) is 10.2 Å². The molecule has 0 aliphatic heterocycles. The van der Waals surface area contributed by atoms with Crippen molar-refractivity contribution in [1.29, 1.82) is 0 Å². The van der Waals surface area contributed by atoms with Gasteiger partial charge in [0, 0.05) is 12.1 Å². The number of nitrogens with one attached hydrogen (secondary N) is 1. The van der Waals surface area contributed by atoms with Crippen molar-refractivity contribution in [3.63, 3.8) is 0 Å². The third-order valence-corrected chi connectivity index (χ3v) is 4.97. The Morgan fingerprint density at radius 3 is 2.76 bits per heavy atom. The molecule has 0 spiro atoms. The number of hydrogen-bond donors (Lipinski definition) is 2. The number of carbonyl (C=O) groups is 1. The minimum atomic E-state index is -0.564. The zero-order valence-corrected chi connectivity index (χ0v) is 14.7. The minimum absolute atomic E-state index is 0.00229. The number of amides is 1. The number of aryl methyl sites for hydroxylation is 1. The maximum Gasteiger partial charge on any atom is 0.329 e. The maximum absolute atomic E-state index is 12.3. The quantitative estimate of drug-likeness (QED) is 0.633. The predicted molar refractivity (Wildman–Crippen MR) is 96.1 cm³/mol. The molecule has 10 heteroatoms. The van der Waals surface area contributed by atoms with Crippen LogP contribution in [0.15, 0.2) is 39.0 Å². The largest absolute Gasteiger partial charge is 0.369 e. The summed E-state index contributed by atoms with van der Waals surface area (Å²) in [7, 11) is 1.51. The second-order valence-corrected chi connectivity index (χ2v) is 6.67. The summed E-state index contributed by atoms with van der Waals surface area (Å²) in [6, 6.07) is 7.20. The van der Waals surface area contributed by atoms with Gasteiger partial charge in [-0.15, -0.1) is 0 Å². The summed E-state index contributed by atoms with van der Waals surface area (Å²) >= 11 is 7.31. The van der Waals surface area contributed by atoms with Crippen LogP contribution in [-0.2, 0) is 18.4 Å². The van der Waals surface area contributed by atoms with Gasteiger partial charge >= 0.3 is 5.69 Å². The summed E-state index contributed by atoms with van der Waals surface area (Å²) in [6.07, 6.45) is 0. The molecule has 3 N–H and O–H groups in total. The molecule has 25 heavy (non-hydrogen) atoms. The molecule has 8 nitrogen and oxygen atoms in total. The highest BCUT2D eigenvalue weighted by Crippen LogP contribution is 2.24. The number of primary amides is 1. The third-order valence-electron chi connectivity index (χ3n) is 3.60. The van der Waals surface area contributed by atoms with Crippen molar-refractivity contribution in [3.05, 3.63) is 55.7 Å². The Balaban J connectivity index is 2.22. The molecule has 0 fully saturated rings. The van der Waals surface area contributed by atoms with Crippen molar-refractivity contribution >= 4 is 40.4 Å². The average molecular weight is 380 g/mol. The molecule has 2 heterocycles. The number of thioether (sulfide) groups is 1. The molecule has 0 aliphatic carbocycles. The molecule has 0 bridgehead atoms. The molecular weight excluding hydrogens is 366 g/mol. The second kappa shape index (κ2) is 6.77. The van der Waals surface area contributed by atoms with Gasteiger partial charge in [-0.1, -0.05) is 41.6 Å². The lowest BCUT2D eigenvalue weighted by Crippen LogP contribution is -2.29. The number of carbonyl (C=O) groups excluding carboxylic acids is 1. The van der Waals surface area contributed by atoms with Gasteiger partial charge in [0.25, 0.3) is 5.56 Å². The topological polar surface area (TPSA) is 116 Å². The van der Waals surface area contributed by atoms with Crippen LogP contribution >= 0.6 is 23.4 Å². The Morgan fingerprint density at radius 1 is 1.36 bits per heavy atom. The van der Waals surface area contributed by atoms with Gasteiger partial charge in [0.2, 0.25) is 5.91 Å². The number of fused-ring (bicyclic) bond motifs is 1. The average Bonchev–Trinajstić information content (AvgIpc) is 2.92. The molecule has 1 amide bonds. The monoisotopic (exact) mass is 379 g/mol. The van der Waals surface area contributed by atoms with Crippen molar-refractivity contribution in [2.24, 2.45) is 12.8 Å². The van der Waals surface area contributed by atoms with Crippen LogP contribution in [0.4, 0.5) is 0 Å². The van der Waals surface area contributed by atoms with Crippen molar-refractivity contribution in [2.75, 3.05) is 5.75 Å². The molecule has 0 unspecified atom stereocenters. The van der Waals surface area contributed by atoms with Gasteiger partial charge in [0.05, 0.1) is 12.3 Å². The van der Waals surface area contributed by atoms with E-state index in [1.807, 2.05) is 12.1 Å². The van der Waals surface area contributed by atoms with Crippen molar-refractivity contribution in [3.8, 4) is 0 Å². The van der Waals surface area contributed by atoms with E-state index in [-0.39, 0.29) is 23.5 Å². The van der Waals surface area contributed by atoms with E-state index >= 15 is 0 Å². The number of hydrogen-bond acceptors (Lipinski definition) is 5. The molecule has 0 aliphatic rings. The first-order valence-electron chi connectivity index (χ1n) is 7.22. The summed E-state index contributed by atoms with van der Waals surface area (Å²) < 4.78 is 2.87. The van der Waals surface area contributed by atoms with E-state index in [0.717, 1.165) is 17.3 Å². The fraction of sp³-hybridized carbons (Fsp3) is 0.200. The summed E-state index contributed by atoms with van der Waals surface area (Å²) in [4.78, 5) is 41.9. The molecule has 2 aromatic heterocycles. The molecular formula is C15H14ClN5O3S. The minimum Gasteiger partial charge on any atom is -0.369 e. The highest BCUT2D eigenvalue weighted by Gasteiger charge is 2.19. The fourth-order valence-corrected chi connectivity index (χ4v) is 3.33. The van der Waals surface area contributed by atoms with Crippen LogP contribution in [0.5, 0.6) is 0 Å². The van der Waals surface area contributed by atoms with Crippen LogP contribution in [0, 0.1) is 0 Å². The lowest BCUT2D eigenvalue weighted by atomic mass is 10.2. The molecule has 0 radical (unpaired) electrons. The third kappa shape index (κ3) is 3.33. The lowest BCUT2D eigenvalue weighted by molar-refractivity contribution is -0.115. The van der Waals surface area contributed by atoms with Gasteiger partial charge in [0.15, 0.2) is 16.3 Å². The molecule has 0 saturated carbocycles. The Labute approximate surface area is 150 Å². The summed E-state index contributed by atoms with van der Waals surface area (Å²) in [5.74, 6) is -0.512. The number of halogens is 1. The normalized spacial score (nSPS) is 11.1.